The number of benzene rings is 1. The van der Waals surface area contributed by atoms with Gasteiger partial charge in [-0.05, 0) is 24.6 Å². The smallest absolute Gasteiger partial charge is 0.399 e. The summed E-state index contributed by atoms with van der Waals surface area (Å²) in [6.07, 6.45) is -3.73. The molecule has 1 aliphatic heterocycles. The quantitative estimate of drug-likeness (QED) is 0.607. The first kappa shape index (κ1) is 21.5. The van der Waals surface area contributed by atoms with Gasteiger partial charge in [-0.25, -0.2) is 0 Å². The van der Waals surface area contributed by atoms with E-state index in [0.29, 0.717) is 50.4 Å². The highest BCUT2D eigenvalue weighted by atomic mass is 35.5. The summed E-state index contributed by atoms with van der Waals surface area (Å²) in [5.41, 5.74) is 6.82. The van der Waals surface area contributed by atoms with Crippen molar-refractivity contribution in [2.24, 2.45) is 0 Å². The molecule has 1 heterocycles. The van der Waals surface area contributed by atoms with Gasteiger partial charge in [0.25, 0.3) is 5.91 Å². The second kappa shape index (κ2) is 9.84. The lowest BCUT2D eigenvalue weighted by Crippen LogP contribution is -2.49. The minimum atomic E-state index is -4.27. The van der Waals surface area contributed by atoms with E-state index in [1.54, 1.807) is 29.2 Å². The lowest BCUT2D eigenvalue weighted by molar-refractivity contribution is -0.174. The fourth-order valence-electron chi connectivity index (χ4n) is 2.61. The lowest BCUT2D eigenvalue weighted by atomic mass is 10.1. The number of hydrogen-bond acceptors (Lipinski definition) is 4. The van der Waals surface area contributed by atoms with Crippen LogP contribution in [0.25, 0.3) is 0 Å². The molecule has 5 nitrogen and oxygen atoms in total. The minimum absolute atomic E-state index is 0. The zero-order valence-electron chi connectivity index (χ0n) is 13.8. The van der Waals surface area contributed by atoms with E-state index in [1.165, 1.54) is 0 Å². The molecule has 0 aliphatic carbocycles. The van der Waals surface area contributed by atoms with Crippen LogP contribution in [0.15, 0.2) is 24.3 Å². The largest absolute Gasteiger partial charge is 0.411 e. The number of amides is 1. The molecule has 1 fully saturated rings. The highest BCUT2D eigenvalue weighted by Gasteiger charge is 2.27. The Hall–Kier alpha value is -1.51. The zero-order chi connectivity index (χ0) is 17.6. The molecule has 0 spiro atoms. The van der Waals surface area contributed by atoms with Gasteiger partial charge < -0.3 is 15.4 Å². The molecule has 0 bridgehead atoms. The van der Waals surface area contributed by atoms with Crippen molar-refractivity contribution in [1.29, 1.82) is 0 Å². The Bertz CT molecular complexity index is 550. The van der Waals surface area contributed by atoms with Crippen LogP contribution in [0.4, 0.5) is 18.9 Å². The van der Waals surface area contributed by atoms with Gasteiger partial charge in [0.1, 0.15) is 6.61 Å². The summed E-state index contributed by atoms with van der Waals surface area (Å²) in [7, 11) is 0. The third-order valence-electron chi connectivity index (χ3n) is 3.82. The van der Waals surface area contributed by atoms with E-state index in [0.717, 1.165) is 0 Å². The molecule has 0 unspecified atom stereocenters. The van der Waals surface area contributed by atoms with Crippen molar-refractivity contribution >= 4 is 24.0 Å². The SMILES string of the molecule is Cl.Nc1cccc(C(=O)N2CCN(CCCOCC(F)(F)F)CC2)c1. The number of nitrogens with two attached hydrogens (primary N) is 1. The maximum Gasteiger partial charge on any atom is 0.411 e. The molecular formula is C16H23ClF3N3O2. The van der Waals surface area contributed by atoms with Gasteiger partial charge in [0.2, 0.25) is 0 Å². The van der Waals surface area contributed by atoms with Crippen molar-refractivity contribution in [3.63, 3.8) is 0 Å². The first-order valence-corrected chi connectivity index (χ1v) is 7.87. The summed E-state index contributed by atoms with van der Waals surface area (Å²) in [6, 6.07) is 6.88. The Morgan fingerprint density at radius 3 is 2.48 bits per heavy atom. The van der Waals surface area contributed by atoms with Crippen molar-refractivity contribution in [1.82, 2.24) is 9.80 Å². The highest BCUT2D eigenvalue weighted by molar-refractivity contribution is 5.95. The van der Waals surface area contributed by atoms with Crippen LogP contribution in [-0.2, 0) is 4.74 Å². The predicted octanol–water partition coefficient (Wildman–Crippen LogP) is 2.42. The molecule has 25 heavy (non-hydrogen) atoms. The van der Waals surface area contributed by atoms with Gasteiger partial charge in [-0.2, -0.15) is 13.2 Å². The van der Waals surface area contributed by atoms with Crippen molar-refractivity contribution in [2.75, 3.05) is 51.7 Å². The van der Waals surface area contributed by atoms with E-state index in [2.05, 4.69) is 9.64 Å². The number of rotatable bonds is 6. The second-order valence-corrected chi connectivity index (χ2v) is 5.78. The Morgan fingerprint density at radius 2 is 1.88 bits per heavy atom. The molecule has 1 aliphatic rings. The van der Waals surface area contributed by atoms with E-state index in [1.807, 2.05) is 0 Å². The molecule has 0 aromatic heterocycles. The van der Waals surface area contributed by atoms with Crippen molar-refractivity contribution in [3.8, 4) is 0 Å². The minimum Gasteiger partial charge on any atom is -0.399 e. The van der Waals surface area contributed by atoms with Gasteiger partial charge in [-0.15, -0.1) is 12.4 Å². The highest BCUT2D eigenvalue weighted by Crippen LogP contribution is 2.15. The monoisotopic (exact) mass is 381 g/mol. The number of carbonyl (C=O) groups excluding carboxylic acids is 1. The van der Waals surface area contributed by atoms with E-state index in [9.17, 15) is 18.0 Å². The van der Waals surface area contributed by atoms with Gasteiger partial charge in [-0.1, -0.05) is 6.07 Å². The van der Waals surface area contributed by atoms with Crippen LogP contribution in [0.1, 0.15) is 16.8 Å². The van der Waals surface area contributed by atoms with Gasteiger partial charge in [0.15, 0.2) is 0 Å². The molecule has 0 atom stereocenters. The van der Waals surface area contributed by atoms with Crippen LogP contribution in [0.2, 0.25) is 0 Å². The predicted molar refractivity (Wildman–Crippen MR) is 91.9 cm³/mol. The number of halogens is 4. The maximum atomic E-state index is 12.4. The van der Waals surface area contributed by atoms with Crippen LogP contribution in [0.3, 0.4) is 0 Å². The number of hydrogen-bond donors (Lipinski definition) is 1. The van der Waals surface area contributed by atoms with Crippen LogP contribution in [0, 0.1) is 0 Å². The molecule has 142 valence electrons. The maximum absolute atomic E-state index is 12.4. The molecule has 1 aromatic rings. The first-order chi connectivity index (χ1) is 11.3. The molecule has 1 amide bonds. The van der Waals surface area contributed by atoms with Crippen molar-refractivity contribution in [3.05, 3.63) is 29.8 Å². The zero-order valence-corrected chi connectivity index (χ0v) is 14.6. The molecule has 2 rings (SSSR count). The summed E-state index contributed by atoms with van der Waals surface area (Å²) in [5, 5.41) is 0. The summed E-state index contributed by atoms with van der Waals surface area (Å²) in [5.74, 6) is -0.0459. The molecular weight excluding hydrogens is 359 g/mol. The second-order valence-electron chi connectivity index (χ2n) is 5.78. The molecule has 2 N–H and O–H groups in total. The van der Waals surface area contributed by atoms with Crippen LogP contribution >= 0.6 is 12.4 Å². The Morgan fingerprint density at radius 1 is 1.20 bits per heavy atom. The summed E-state index contributed by atoms with van der Waals surface area (Å²) in [4.78, 5) is 16.3. The summed E-state index contributed by atoms with van der Waals surface area (Å²) < 4.78 is 40.4. The summed E-state index contributed by atoms with van der Waals surface area (Å²) >= 11 is 0. The molecule has 1 saturated heterocycles. The fourth-order valence-corrected chi connectivity index (χ4v) is 2.61. The van der Waals surface area contributed by atoms with E-state index < -0.39 is 12.8 Å². The van der Waals surface area contributed by atoms with Gasteiger partial charge in [-0.3, -0.25) is 9.69 Å². The number of piperazine rings is 1. The van der Waals surface area contributed by atoms with Crippen LogP contribution in [-0.4, -0.2) is 67.8 Å². The van der Waals surface area contributed by atoms with E-state index >= 15 is 0 Å². The number of anilines is 1. The number of carbonyl (C=O) groups is 1. The number of ether oxygens (including phenoxy) is 1. The average Bonchev–Trinajstić information content (AvgIpc) is 2.53. The van der Waals surface area contributed by atoms with E-state index in [4.69, 9.17) is 5.73 Å². The fraction of sp³-hybridized carbons (Fsp3) is 0.562. The summed E-state index contributed by atoms with van der Waals surface area (Å²) in [6.45, 7) is 2.14. The standard InChI is InChI=1S/C16H22F3N3O2.ClH/c17-16(18,19)12-24-10-2-5-21-6-8-22(9-7-21)15(23)13-3-1-4-14(20)11-13;/h1,3-4,11H,2,5-10,12,20H2;1H. The number of nitrogen functional groups attached to an aromatic ring is 1. The molecule has 0 saturated carbocycles. The third-order valence-corrected chi connectivity index (χ3v) is 3.82. The van der Waals surface area contributed by atoms with Crippen LogP contribution in [0.5, 0.6) is 0 Å². The Labute approximate surface area is 151 Å². The molecule has 0 radical (unpaired) electrons. The van der Waals surface area contributed by atoms with E-state index in [-0.39, 0.29) is 24.9 Å². The third kappa shape index (κ3) is 7.50. The van der Waals surface area contributed by atoms with Crippen molar-refractivity contribution < 1.29 is 22.7 Å². The number of alkyl halides is 3. The number of nitrogens with zero attached hydrogens (tertiary/aromatic N) is 2. The normalized spacial score (nSPS) is 15.7. The average molecular weight is 382 g/mol. The van der Waals surface area contributed by atoms with Gasteiger partial charge >= 0.3 is 6.18 Å². The van der Waals surface area contributed by atoms with Gasteiger partial charge in [0, 0.05) is 50.6 Å². The van der Waals surface area contributed by atoms with Crippen molar-refractivity contribution in [2.45, 2.75) is 12.6 Å². The molecule has 9 heteroatoms. The topological polar surface area (TPSA) is 58.8 Å². The van der Waals surface area contributed by atoms with Crippen LogP contribution < -0.4 is 5.73 Å². The first-order valence-electron chi connectivity index (χ1n) is 7.87. The Balaban J connectivity index is 0.00000312. The Kier molecular flexibility index (Phi) is 8.47. The van der Waals surface area contributed by atoms with Gasteiger partial charge in [0.05, 0.1) is 0 Å². The lowest BCUT2D eigenvalue weighted by Gasteiger charge is -2.34. The molecule has 1 aromatic carbocycles.